The molecule has 20 heavy (non-hydrogen) atoms. The number of ketones is 1. The van der Waals surface area contributed by atoms with Crippen LogP contribution in [0, 0.1) is 5.41 Å². The van der Waals surface area contributed by atoms with E-state index >= 15 is 0 Å². The summed E-state index contributed by atoms with van der Waals surface area (Å²) in [5.41, 5.74) is 4.58. The number of Topliss-reactive ketones (excluding diaryl/α,β-unsaturated/α-hetero) is 1. The summed E-state index contributed by atoms with van der Waals surface area (Å²) >= 11 is 11.9. The van der Waals surface area contributed by atoms with Gasteiger partial charge in [-0.05, 0) is 24.6 Å². The van der Waals surface area contributed by atoms with Gasteiger partial charge in [0.15, 0.2) is 11.6 Å². The van der Waals surface area contributed by atoms with Crippen molar-refractivity contribution in [3.8, 4) is 0 Å². The van der Waals surface area contributed by atoms with Crippen LogP contribution in [0.4, 0.5) is 4.39 Å². The van der Waals surface area contributed by atoms with Crippen molar-refractivity contribution in [1.29, 1.82) is 0 Å². The number of hydrogen-bond donors (Lipinski definition) is 1. The summed E-state index contributed by atoms with van der Waals surface area (Å²) in [5.74, 6) is -3.15. The molecular formula is C15H14Cl2FNO. The zero-order valence-electron chi connectivity index (χ0n) is 10.9. The first kappa shape index (κ1) is 15.2. The Morgan fingerprint density at radius 2 is 1.95 bits per heavy atom. The Bertz CT molecular complexity index is 595. The van der Waals surface area contributed by atoms with Crippen LogP contribution in [0.3, 0.4) is 0 Å². The third-order valence-corrected chi connectivity index (χ3v) is 4.25. The van der Waals surface area contributed by atoms with E-state index in [2.05, 4.69) is 0 Å². The van der Waals surface area contributed by atoms with Crippen molar-refractivity contribution in [1.82, 2.24) is 0 Å². The normalized spacial score (nSPS) is 29.6. The van der Waals surface area contributed by atoms with Crippen molar-refractivity contribution in [2.45, 2.75) is 12.7 Å². The monoisotopic (exact) mass is 313 g/mol. The lowest BCUT2D eigenvalue weighted by atomic mass is 9.69. The first-order valence-corrected chi connectivity index (χ1v) is 6.97. The number of benzene rings is 1. The maximum absolute atomic E-state index is 15.0. The maximum Gasteiger partial charge on any atom is 0.198 e. The third-order valence-electron chi connectivity index (χ3n) is 3.61. The highest BCUT2D eigenvalue weighted by Gasteiger charge is 2.56. The minimum Gasteiger partial charge on any atom is -0.294 e. The molecule has 5 heteroatoms. The van der Waals surface area contributed by atoms with Gasteiger partial charge >= 0.3 is 0 Å². The molecule has 0 bridgehead atoms. The van der Waals surface area contributed by atoms with Crippen molar-refractivity contribution < 1.29 is 9.18 Å². The van der Waals surface area contributed by atoms with E-state index in [1.807, 2.05) is 0 Å². The Morgan fingerprint density at radius 3 is 2.50 bits per heavy atom. The standard InChI is InChI=1S/C15H14Cl2FNO/c1-10-7-12(17)8-14(9-16,15(10,18)19)13(20)11-5-3-2-4-6-11/h2-8H,9,19H2,1H3. The van der Waals surface area contributed by atoms with E-state index < -0.39 is 17.0 Å². The Morgan fingerprint density at radius 1 is 1.35 bits per heavy atom. The zero-order valence-corrected chi connectivity index (χ0v) is 12.4. The largest absolute Gasteiger partial charge is 0.294 e. The van der Waals surface area contributed by atoms with Gasteiger partial charge in [-0.15, -0.1) is 11.6 Å². The van der Waals surface area contributed by atoms with Crippen LogP contribution in [0.1, 0.15) is 17.3 Å². The average molecular weight is 314 g/mol. The molecule has 0 amide bonds. The number of rotatable bonds is 3. The SMILES string of the molecule is CC1=CC(Cl)=CC(CCl)(C(=O)c2ccccc2)C1(N)F. The summed E-state index contributed by atoms with van der Waals surface area (Å²) in [4.78, 5) is 12.7. The van der Waals surface area contributed by atoms with Crippen LogP contribution in [-0.4, -0.2) is 17.5 Å². The molecule has 0 aliphatic heterocycles. The molecule has 0 saturated heterocycles. The third kappa shape index (κ3) is 2.20. The van der Waals surface area contributed by atoms with Gasteiger partial charge < -0.3 is 0 Å². The summed E-state index contributed by atoms with van der Waals surface area (Å²) in [7, 11) is 0. The maximum atomic E-state index is 15.0. The van der Waals surface area contributed by atoms with Crippen LogP contribution < -0.4 is 5.73 Å². The highest BCUT2D eigenvalue weighted by Crippen LogP contribution is 2.46. The van der Waals surface area contributed by atoms with E-state index in [9.17, 15) is 9.18 Å². The van der Waals surface area contributed by atoms with Crippen molar-refractivity contribution in [3.05, 3.63) is 58.7 Å². The Kier molecular flexibility index (Phi) is 4.05. The molecule has 1 aromatic carbocycles. The molecule has 0 aromatic heterocycles. The molecule has 0 fully saturated rings. The molecule has 0 saturated carbocycles. The fourth-order valence-electron chi connectivity index (χ4n) is 2.32. The van der Waals surface area contributed by atoms with Gasteiger partial charge in [0.1, 0.15) is 5.41 Å². The molecule has 2 unspecified atom stereocenters. The highest BCUT2D eigenvalue weighted by atomic mass is 35.5. The predicted molar refractivity (Wildman–Crippen MR) is 79.6 cm³/mol. The lowest BCUT2D eigenvalue weighted by Crippen LogP contribution is -2.58. The van der Waals surface area contributed by atoms with Gasteiger partial charge in [-0.3, -0.25) is 10.5 Å². The fraction of sp³-hybridized carbons (Fsp3) is 0.267. The van der Waals surface area contributed by atoms with Crippen LogP contribution in [0.5, 0.6) is 0 Å². The molecule has 0 spiro atoms. The minimum atomic E-state index is -2.37. The molecule has 2 nitrogen and oxygen atoms in total. The van der Waals surface area contributed by atoms with Gasteiger partial charge in [0.25, 0.3) is 0 Å². The van der Waals surface area contributed by atoms with Crippen LogP contribution in [0.2, 0.25) is 0 Å². The number of hydrogen-bond acceptors (Lipinski definition) is 2. The Hall–Kier alpha value is -1.16. The number of nitrogens with two attached hydrogens (primary N) is 1. The van der Waals surface area contributed by atoms with Crippen molar-refractivity contribution in [2.75, 3.05) is 5.88 Å². The van der Waals surface area contributed by atoms with Gasteiger partial charge in [-0.2, -0.15) is 0 Å². The summed E-state index contributed by atoms with van der Waals surface area (Å²) in [5, 5.41) is 0.256. The average Bonchev–Trinajstić information content (AvgIpc) is 2.43. The molecule has 0 radical (unpaired) electrons. The topological polar surface area (TPSA) is 43.1 Å². The quantitative estimate of drug-likeness (QED) is 0.524. The van der Waals surface area contributed by atoms with Crippen LogP contribution in [0.25, 0.3) is 0 Å². The van der Waals surface area contributed by atoms with E-state index in [1.165, 1.54) is 19.1 Å². The number of allylic oxidation sites excluding steroid dienone is 2. The zero-order chi connectivity index (χ0) is 15.0. The molecule has 1 aliphatic carbocycles. The van der Waals surface area contributed by atoms with Crippen molar-refractivity contribution in [2.24, 2.45) is 11.1 Å². The van der Waals surface area contributed by atoms with Crippen molar-refractivity contribution >= 4 is 29.0 Å². The summed E-state index contributed by atoms with van der Waals surface area (Å²) in [6, 6.07) is 8.36. The summed E-state index contributed by atoms with van der Waals surface area (Å²) < 4.78 is 15.0. The lowest BCUT2D eigenvalue weighted by molar-refractivity contribution is 0.0533. The molecule has 2 rings (SSSR count). The first-order chi connectivity index (χ1) is 9.35. The second kappa shape index (κ2) is 5.32. The van der Waals surface area contributed by atoms with E-state index in [1.54, 1.807) is 30.3 Å². The fourth-order valence-corrected chi connectivity index (χ4v) is 3.06. The second-order valence-corrected chi connectivity index (χ2v) is 5.57. The Labute approximate surface area is 127 Å². The van der Waals surface area contributed by atoms with Gasteiger partial charge in [0, 0.05) is 16.5 Å². The predicted octanol–water partition coefficient (Wildman–Crippen LogP) is 3.80. The summed E-state index contributed by atoms with van der Waals surface area (Å²) in [6.07, 6.45) is 2.72. The summed E-state index contributed by atoms with van der Waals surface area (Å²) in [6.45, 7) is 1.49. The van der Waals surface area contributed by atoms with Crippen molar-refractivity contribution in [3.63, 3.8) is 0 Å². The molecule has 1 aromatic rings. The molecule has 106 valence electrons. The van der Waals surface area contributed by atoms with E-state index in [0.29, 0.717) is 5.56 Å². The molecule has 2 atom stereocenters. The minimum absolute atomic E-state index is 0.176. The number of carbonyl (C=O) groups is 1. The highest BCUT2D eigenvalue weighted by molar-refractivity contribution is 6.32. The van der Waals surface area contributed by atoms with E-state index in [0.717, 1.165) is 0 Å². The van der Waals surface area contributed by atoms with Gasteiger partial charge in [0.05, 0.1) is 0 Å². The van der Waals surface area contributed by atoms with Crippen LogP contribution >= 0.6 is 23.2 Å². The molecule has 1 aliphatic rings. The van der Waals surface area contributed by atoms with Gasteiger partial charge in [0.2, 0.25) is 0 Å². The number of carbonyl (C=O) groups excluding carboxylic acids is 1. The van der Waals surface area contributed by atoms with E-state index in [4.69, 9.17) is 28.9 Å². The molecule has 2 N–H and O–H groups in total. The number of halogens is 3. The van der Waals surface area contributed by atoms with E-state index in [-0.39, 0.29) is 16.5 Å². The second-order valence-electron chi connectivity index (χ2n) is 4.87. The number of alkyl halides is 2. The first-order valence-electron chi connectivity index (χ1n) is 6.06. The Balaban J connectivity index is 2.60. The lowest BCUT2D eigenvalue weighted by Gasteiger charge is -2.41. The molecule has 0 heterocycles. The van der Waals surface area contributed by atoms with Crippen LogP contribution in [-0.2, 0) is 0 Å². The van der Waals surface area contributed by atoms with Gasteiger partial charge in [-0.1, -0.05) is 41.9 Å². The van der Waals surface area contributed by atoms with Crippen LogP contribution in [0.15, 0.2) is 53.1 Å². The van der Waals surface area contributed by atoms with Gasteiger partial charge in [-0.25, -0.2) is 4.39 Å². The smallest absolute Gasteiger partial charge is 0.198 e. The molecular weight excluding hydrogens is 300 g/mol.